The van der Waals surface area contributed by atoms with Gasteiger partial charge in [-0.15, -0.1) is 0 Å². The van der Waals surface area contributed by atoms with E-state index in [1.165, 1.54) is 25.9 Å². The van der Waals surface area contributed by atoms with Crippen molar-refractivity contribution in [1.29, 1.82) is 0 Å². The fourth-order valence-electron chi connectivity index (χ4n) is 2.56. The second-order valence-electron chi connectivity index (χ2n) is 5.25. The first-order chi connectivity index (χ1) is 9.08. The molecular formula is C14H22N2O3. The zero-order chi connectivity index (χ0) is 13.8. The lowest BCUT2D eigenvalue weighted by Gasteiger charge is -2.23. The maximum absolute atomic E-state index is 10.9. The standard InChI is InChI=1S/C14H22N2O3/c1-10-7-12(19-13(10)14(17)18)9-15-8-11(2)16-5-3-4-6-16/h7,11,15H,3-6,8-9H2,1-2H3,(H,17,18). The topological polar surface area (TPSA) is 65.7 Å². The molecule has 19 heavy (non-hydrogen) atoms. The average Bonchev–Trinajstić information content (AvgIpc) is 2.98. The zero-order valence-corrected chi connectivity index (χ0v) is 11.6. The van der Waals surface area contributed by atoms with Gasteiger partial charge in [-0.2, -0.15) is 0 Å². The molecule has 1 fully saturated rings. The first-order valence-corrected chi connectivity index (χ1v) is 6.85. The molecule has 2 heterocycles. The van der Waals surface area contributed by atoms with Crippen molar-refractivity contribution >= 4 is 5.97 Å². The highest BCUT2D eigenvalue weighted by Crippen LogP contribution is 2.15. The van der Waals surface area contributed by atoms with Crippen LogP contribution >= 0.6 is 0 Å². The summed E-state index contributed by atoms with van der Waals surface area (Å²) in [6.07, 6.45) is 2.59. The lowest BCUT2D eigenvalue weighted by molar-refractivity contribution is 0.0659. The van der Waals surface area contributed by atoms with Gasteiger partial charge >= 0.3 is 5.97 Å². The van der Waals surface area contributed by atoms with Crippen LogP contribution in [-0.4, -0.2) is 41.7 Å². The van der Waals surface area contributed by atoms with Crippen molar-refractivity contribution in [3.8, 4) is 0 Å². The van der Waals surface area contributed by atoms with Crippen molar-refractivity contribution in [3.05, 3.63) is 23.2 Å². The van der Waals surface area contributed by atoms with E-state index in [-0.39, 0.29) is 5.76 Å². The monoisotopic (exact) mass is 266 g/mol. The van der Waals surface area contributed by atoms with Crippen LogP contribution in [0.2, 0.25) is 0 Å². The van der Waals surface area contributed by atoms with Crippen LogP contribution in [-0.2, 0) is 6.54 Å². The third-order valence-corrected chi connectivity index (χ3v) is 3.67. The van der Waals surface area contributed by atoms with Crippen LogP contribution < -0.4 is 5.32 Å². The fourth-order valence-corrected chi connectivity index (χ4v) is 2.56. The predicted molar refractivity (Wildman–Crippen MR) is 72.4 cm³/mol. The highest BCUT2D eigenvalue weighted by Gasteiger charge is 2.18. The third-order valence-electron chi connectivity index (χ3n) is 3.67. The molecule has 2 N–H and O–H groups in total. The van der Waals surface area contributed by atoms with Crippen LogP contribution in [0, 0.1) is 6.92 Å². The average molecular weight is 266 g/mol. The number of nitrogens with zero attached hydrogens (tertiary/aromatic N) is 1. The Kier molecular flexibility index (Phi) is 4.61. The first-order valence-electron chi connectivity index (χ1n) is 6.85. The molecule has 0 bridgehead atoms. The van der Waals surface area contributed by atoms with E-state index in [4.69, 9.17) is 9.52 Å². The predicted octanol–water partition coefficient (Wildman–Crippen LogP) is 1.86. The molecule has 5 heteroatoms. The molecule has 0 saturated carbocycles. The van der Waals surface area contributed by atoms with E-state index in [1.807, 2.05) is 0 Å². The number of likely N-dealkylation sites (tertiary alicyclic amines) is 1. The minimum absolute atomic E-state index is 0.0457. The maximum Gasteiger partial charge on any atom is 0.372 e. The number of hydrogen-bond donors (Lipinski definition) is 2. The van der Waals surface area contributed by atoms with Crippen LogP contribution in [0.4, 0.5) is 0 Å². The Bertz CT molecular complexity index is 436. The van der Waals surface area contributed by atoms with E-state index < -0.39 is 5.97 Å². The second kappa shape index (κ2) is 6.21. The molecule has 1 atom stereocenters. The molecule has 0 spiro atoms. The van der Waals surface area contributed by atoms with Gasteiger partial charge in [-0.1, -0.05) is 0 Å². The lowest BCUT2D eigenvalue weighted by atomic mass is 10.2. The third kappa shape index (κ3) is 3.58. The number of aryl methyl sites for hydroxylation is 1. The summed E-state index contributed by atoms with van der Waals surface area (Å²) in [5.74, 6) is -0.276. The number of carboxylic acids is 1. The Labute approximate surface area is 113 Å². The normalized spacial score (nSPS) is 17.8. The number of aromatic carboxylic acids is 1. The summed E-state index contributed by atoms with van der Waals surface area (Å²) in [5, 5.41) is 12.2. The number of carbonyl (C=O) groups is 1. The molecule has 0 amide bonds. The highest BCUT2D eigenvalue weighted by molar-refractivity contribution is 5.86. The van der Waals surface area contributed by atoms with Crippen LogP contribution in [0.3, 0.4) is 0 Å². The largest absolute Gasteiger partial charge is 0.475 e. The summed E-state index contributed by atoms with van der Waals surface area (Å²) in [6.45, 7) is 7.81. The van der Waals surface area contributed by atoms with Gasteiger partial charge in [0.1, 0.15) is 5.76 Å². The van der Waals surface area contributed by atoms with Crippen LogP contribution in [0.15, 0.2) is 10.5 Å². The molecule has 1 aliphatic rings. The van der Waals surface area contributed by atoms with Gasteiger partial charge in [0.05, 0.1) is 6.54 Å². The van der Waals surface area contributed by atoms with Crippen molar-refractivity contribution in [2.45, 2.75) is 39.3 Å². The Morgan fingerprint density at radius 2 is 2.21 bits per heavy atom. The van der Waals surface area contributed by atoms with E-state index in [9.17, 15) is 4.79 Å². The van der Waals surface area contributed by atoms with Gasteiger partial charge in [0.25, 0.3) is 0 Å². The quantitative estimate of drug-likeness (QED) is 0.822. The van der Waals surface area contributed by atoms with Gasteiger partial charge in [0, 0.05) is 18.2 Å². The molecule has 1 aromatic rings. The molecule has 0 aromatic carbocycles. The number of hydrogen-bond acceptors (Lipinski definition) is 4. The second-order valence-corrected chi connectivity index (χ2v) is 5.25. The van der Waals surface area contributed by atoms with Gasteiger partial charge < -0.3 is 14.8 Å². The maximum atomic E-state index is 10.9. The van der Waals surface area contributed by atoms with Gasteiger partial charge in [-0.05, 0) is 45.8 Å². The van der Waals surface area contributed by atoms with Gasteiger partial charge in [0.2, 0.25) is 5.76 Å². The van der Waals surface area contributed by atoms with Crippen LogP contribution in [0.1, 0.15) is 41.6 Å². The van der Waals surface area contributed by atoms with Crippen molar-refractivity contribution in [3.63, 3.8) is 0 Å². The van der Waals surface area contributed by atoms with E-state index in [1.54, 1.807) is 13.0 Å². The lowest BCUT2D eigenvalue weighted by Crippen LogP contribution is -2.38. The minimum atomic E-state index is -1.01. The molecule has 5 nitrogen and oxygen atoms in total. The summed E-state index contributed by atoms with van der Waals surface area (Å²) in [5.41, 5.74) is 0.678. The Morgan fingerprint density at radius 1 is 1.53 bits per heavy atom. The van der Waals surface area contributed by atoms with E-state index in [0.29, 0.717) is 23.9 Å². The molecule has 0 radical (unpaired) electrons. The summed E-state index contributed by atoms with van der Waals surface area (Å²) in [7, 11) is 0. The summed E-state index contributed by atoms with van der Waals surface area (Å²) in [4.78, 5) is 13.3. The Morgan fingerprint density at radius 3 is 2.79 bits per heavy atom. The Balaban J connectivity index is 1.79. The summed E-state index contributed by atoms with van der Waals surface area (Å²) >= 11 is 0. The number of rotatable bonds is 6. The SMILES string of the molecule is Cc1cc(CNCC(C)N2CCCC2)oc1C(=O)O. The smallest absolute Gasteiger partial charge is 0.372 e. The first kappa shape index (κ1) is 14.1. The number of carboxylic acid groups (broad SMARTS) is 1. The molecule has 106 valence electrons. The van der Waals surface area contributed by atoms with Gasteiger partial charge in [0.15, 0.2) is 0 Å². The molecule has 1 unspecified atom stereocenters. The summed E-state index contributed by atoms with van der Waals surface area (Å²) in [6, 6.07) is 2.30. The van der Waals surface area contributed by atoms with E-state index in [0.717, 1.165) is 6.54 Å². The van der Waals surface area contributed by atoms with E-state index in [2.05, 4.69) is 17.1 Å². The molecule has 2 rings (SSSR count). The molecule has 1 aliphatic heterocycles. The van der Waals surface area contributed by atoms with Crippen LogP contribution in [0.5, 0.6) is 0 Å². The molecule has 1 aromatic heterocycles. The van der Waals surface area contributed by atoms with Crippen molar-refractivity contribution in [2.24, 2.45) is 0 Å². The fraction of sp³-hybridized carbons (Fsp3) is 0.643. The van der Waals surface area contributed by atoms with Gasteiger partial charge in [-0.25, -0.2) is 4.79 Å². The van der Waals surface area contributed by atoms with Crippen molar-refractivity contribution in [1.82, 2.24) is 10.2 Å². The zero-order valence-electron chi connectivity index (χ0n) is 11.6. The van der Waals surface area contributed by atoms with Crippen molar-refractivity contribution in [2.75, 3.05) is 19.6 Å². The highest BCUT2D eigenvalue weighted by atomic mass is 16.4. The number of nitrogens with one attached hydrogen (secondary N) is 1. The van der Waals surface area contributed by atoms with Gasteiger partial charge in [-0.3, -0.25) is 4.90 Å². The van der Waals surface area contributed by atoms with Crippen molar-refractivity contribution < 1.29 is 14.3 Å². The summed E-state index contributed by atoms with van der Waals surface area (Å²) < 4.78 is 5.31. The van der Waals surface area contributed by atoms with Crippen LogP contribution in [0.25, 0.3) is 0 Å². The number of furan rings is 1. The molecule has 0 aliphatic carbocycles. The van der Waals surface area contributed by atoms with E-state index >= 15 is 0 Å². The molecule has 1 saturated heterocycles. The molecular weight excluding hydrogens is 244 g/mol. The minimum Gasteiger partial charge on any atom is -0.475 e. The Hall–Kier alpha value is -1.33.